The molecule has 0 spiro atoms. The third-order valence-corrected chi connectivity index (χ3v) is 6.42. The summed E-state index contributed by atoms with van der Waals surface area (Å²) in [6.07, 6.45) is 6.40. The zero-order valence-corrected chi connectivity index (χ0v) is 18.6. The number of nitrogens with one attached hydrogen (secondary N) is 2. The van der Waals surface area contributed by atoms with Crippen molar-refractivity contribution in [1.29, 1.82) is 0 Å². The average Bonchev–Trinajstić information content (AvgIpc) is 3.27. The predicted molar refractivity (Wildman–Crippen MR) is 119 cm³/mol. The molecule has 2 aliphatic rings. The van der Waals surface area contributed by atoms with Crippen LogP contribution in [0.5, 0.6) is 5.75 Å². The highest BCUT2D eigenvalue weighted by atomic mass is 16.6. The number of piperidine rings is 1. The number of hydrogen-bond donors (Lipinski definition) is 2. The van der Waals surface area contributed by atoms with Crippen LogP contribution in [0, 0.1) is 0 Å². The molecule has 2 N–H and O–H groups in total. The lowest BCUT2D eigenvalue weighted by atomic mass is 9.78. The van der Waals surface area contributed by atoms with E-state index in [1.54, 1.807) is 12.0 Å². The summed E-state index contributed by atoms with van der Waals surface area (Å²) in [7, 11) is 3.54. The molecule has 1 saturated heterocycles. The fraction of sp³-hybridized carbons (Fsp3) is 0.652. The summed E-state index contributed by atoms with van der Waals surface area (Å²) in [5, 5.41) is 7.13. The molecule has 1 aliphatic carbocycles. The van der Waals surface area contributed by atoms with Crippen molar-refractivity contribution >= 4 is 12.1 Å². The van der Waals surface area contributed by atoms with Crippen LogP contribution in [-0.2, 0) is 10.2 Å². The number of rotatable bonds is 6. The number of likely N-dealkylation sites (tertiary alicyclic amines) is 1. The molecule has 2 fully saturated rings. The second-order valence-corrected chi connectivity index (χ2v) is 8.25. The number of guanidine groups is 1. The summed E-state index contributed by atoms with van der Waals surface area (Å²) in [5.74, 6) is 1.74. The summed E-state index contributed by atoms with van der Waals surface area (Å²) in [6, 6.07) is 8.78. The molecular formula is C23H36N4O3. The Morgan fingerprint density at radius 1 is 1.27 bits per heavy atom. The number of ether oxygens (including phenoxy) is 2. The molecule has 1 aromatic carbocycles. The zero-order chi connectivity index (χ0) is 21.4. The Balaban J connectivity index is 1.56. The lowest BCUT2D eigenvalue weighted by Gasteiger charge is -2.34. The largest absolute Gasteiger partial charge is 0.497 e. The summed E-state index contributed by atoms with van der Waals surface area (Å²) < 4.78 is 10.6. The lowest BCUT2D eigenvalue weighted by Crippen LogP contribution is -2.51. The van der Waals surface area contributed by atoms with Crippen LogP contribution in [0.1, 0.15) is 51.0 Å². The molecule has 3 rings (SSSR count). The minimum atomic E-state index is -0.208. The average molecular weight is 417 g/mol. The van der Waals surface area contributed by atoms with Crippen molar-refractivity contribution in [1.82, 2.24) is 15.5 Å². The second-order valence-electron chi connectivity index (χ2n) is 8.25. The summed E-state index contributed by atoms with van der Waals surface area (Å²) in [6.45, 7) is 4.52. The van der Waals surface area contributed by atoms with Crippen LogP contribution in [-0.4, -0.2) is 63.4 Å². The van der Waals surface area contributed by atoms with Gasteiger partial charge in [0.25, 0.3) is 0 Å². The van der Waals surface area contributed by atoms with Crippen molar-refractivity contribution < 1.29 is 14.3 Å². The summed E-state index contributed by atoms with van der Waals surface area (Å²) in [5.41, 5.74) is 1.45. The standard InChI is InChI=1S/C23H36N4O3/c1-4-30-22(28)27-14-10-19(11-15-27)26-21(24-2)25-17-23(12-5-6-13-23)18-8-7-9-20(16-18)29-3/h7-9,16,19H,4-6,10-15,17H2,1-3H3,(H2,24,25,26). The van der Waals surface area contributed by atoms with Gasteiger partial charge in [-0.15, -0.1) is 0 Å². The summed E-state index contributed by atoms with van der Waals surface area (Å²) >= 11 is 0. The number of carbonyl (C=O) groups excluding carboxylic acids is 1. The normalized spacial score (nSPS) is 19.4. The van der Waals surface area contributed by atoms with E-state index in [0.717, 1.165) is 31.1 Å². The van der Waals surface area contributed by atoms with Gasteiger partial charge in [0.05, 0.1) is 13.7 Å². The Morgan fingerprint density at radius 3 is 2.63 bits per heavy atom. The number of nitrogens with zero attached hydrogens (tertiary/aromatic N) is 2. The van der Waals surface area contributed by atoms with Gasteiger partial charge in [-0.1, -0.05) is 25.0 Å². The van der Waals surface area contributed by atoms with Crippen LogP contribution < -0.4 is 15.4 Å². The fourth-order valence-electron chi connectivity index (χ4n) is 4.63. The van der Waals surface area contributed by atoms with E-state index in [1.165, 1.54) is 31.2 Å². The molecule has 1 saturated carbocycles. The van der Waals surface area contributed by atoms with Crippen LogP contribution in [0.4, 0.5) is 4.79 Å². The molecule has 0 radical (unpaired) electrons. The highest BCUT2D eigenvalue weighted by Gasteiger charge is 2.36. The maximum Gasteiger partial charge on any atom is 0.409 e. The van der Waals surface area contributed by atoms with Gasteiger partial charge in [-0.25, -0.2) is 4.79 Å². The smallest absolute Gasteiger partial charge is 0.409 e. The Bertz CT molecular complexity index is 723. The molecule has 0 atom stereocenters. The number of aliphatic imine (C=N–C) groups is 1. The van der Waals surface area contributed by atoms with Gasteiger partial charge >= 0.3 is 6.09 Å². The number of methoxy groups -OCH3 is 1. The predicted octanol–water partition coefficient (Wildman–Crippen LogP) is 3.29. The van der Waals surface area contributed by atoms with Crippen LogP contribution in [0.3, 0.4) is 0 Å². The molecule has 1 heterocycles. The van der Waals surface area contributed by atoms with Crippen molar-refractivity contribution in [2.45, 2.75) is 56.9 Å². The first-order valence-corrected chi connectivity index (χ1v) is 11.1. The van der Waals surface area contributed by atoms with Crippen LogP contribution in [0.2, 0.25) is 0 Å². The zero-order valence-electron chi connectivity index (χ0n) is 18.6. The maximum atomic E-state index is 11.9. The number of benzene rings is 1. The van der Waals surface area contributed by atoms with Crippen LogP contribution in [0.25, 0.3) is 0 Å². The van der Waals surface area contributed by atoms with Crippen molar-refractivity contribution in [3.8, 4) is 5.75 Å². The molecule has 30 heavy (non-hydrogen) atoms. The highest BCUT2D eigenvalue weighted by Crippen LogP contribution is 2.41. The molecular weight excluding hydrogens is 380 g/mol. The monoisotopic (exact) mass is 416 g/mol. The molecule has 1 aliphatic heterocycles. The molecule has 0 unspecified atom stereocenters. The van der Waals surface area contributed by atoms with Gasteiger partial charge in [0, 0.05) is 38.1 Å². The van der Waals surface area contributed by atoms with E-state index in [4.69, 9.17) is 9.47 Å². The Morgan fingerprint density at radius 2 is 2.00 bits per heavy atom. The molecule has 166 valence electrons. The Labute approximate surface area is 180 Å². The van der Waals surface area contributed by atoms with Crippen molar-refractivity contribution in [3.05, 3.63) is 29.8 Å². The quantitative estimate of drug-likeness (QED) is 0.550. The van der Waals surface area contributed by atoms with Gasteiger partial charge in [-0.05, 0) is 50.3 Å². The maximum absolute atomic E-state index is 11.9. The van der Waals surface area contributed by atoms with Crippen LogP contribution in [0.15, 0.2) is 29.3 Å². The Hall–Kier alpha value is -2.44. The first-order valence-electron chi connectivity index (χ1n) is 11.1. The third kappa shape index (κ3) is 5.37. The molecule has 7 nitrogen and oxygen atoms in total. The SMILES string of the molecule is CCOC(=O)N1CCC(NC(=NC)NCC2(c3cccc(OC)c3)CCCC2)CC1. The van der Waals surface area contributed by atoms with E-state index in [-0.39, 0.29) is 11.5 Å². The molecule has 7 heteroatoms. The van der Waals surface area contributed by atoms with E-state index >= 15 is 0 Å². The highest BCUT2D eigenvalue weighted by molar-refractivity contribution is 5.80. The molecule has 0 bridgehead atoms. The minimum absolute atomic E-state index is 0.111. The van der Waals surface area contributed by atoms with Gasteiger partial charge in [0.15, 0.2) is 5.96 Å². The van der Waals surface area contributed by atoms with E-state index < -0.39 is 0 Å². The van der Waals surface area contributed by atoms with Gasteiger partial charge in [0.2, 0.25) is 0 Å². The first-order chi connectivity index (χ1) is 14.6. The fourth-order valence-corrected chi connectivity index (χ4v) is 4.63. The van der Waals surface area contributed by atoms with Crippen LogP contribution >= 0.6 is 0 Å². The second kappa shape index (κ2) is 10.5. The first kappa shape index (κ1) is 22.2. The lowest BCUT2D eigenvalue weighted by molar-refractivity contribution is 0.0963. The van der Waals surface area contributed by atoms with Gasteiger partial charge in [-0.2, -0.15) is 0 Å². The number of amides is 1. The van der Waals surface area contributed by atoms with Gasteiger partial charge in [0.1, 0.15) is 5.75 Å². The minimum Gasteiger partial charge on any atom is -0.497 e. The van der Waals surface area contributed by atoms with Gasteiger partial charge in [-0.3, -0.25) is 4.99 Å². The number of hydrogen-bond acceptors (Lipinski definition) is 4. The van der Waals surface area contributed by atoms with E-state index in [0.29, 0.717) is 25.7 Å². The van der Waals surface area contributed by atoms with E-state index in [9.17, 15) is 4.79 Å². The van der Waals surface area contributed by atoms with E-state index in [1.807, 2.05) is 20.0 Å². The van der Waals surface area contributed by atoms with Gasteiger partial charge < -0.3 is 25.0 Å². The Kier molecular flexibility index (Phi) is 7.82. The number of carbonyl (C=O) groups is 1. The molecule has 1 aromatic rings. The molecule has 0 aromatic heterocycles. The van der Waals surface area contributed by atoms with Crippen molar-refractivity contribution in [2.75, 3.05) is 40.4 Å². The molecule has 1 amide bonds. The summed E-state index contributed by atoms with van der Waals surface area (Å²) in [4.78, 5) is 18.1. The van der Waals surface area contributed by atoms with Crippen molar-refractivity contribution in [3.63, 3.8) is 0 Å². The van der Waals surface area contributed by atoms with E-state index in [2.05, 4.69) is 33.8 Å². The third-order valence-electron chi connectivity index (χ3n) is 6.42. The van der Waals surface area contributed by atoms with Crippen molar-refractivity contribution in [2.24, 2.45) is 4.99 Å². The topological polar surface area (TPSA) is 75.2 Å².